The lowest BCUT2D eigenvalue weighted by Crippen LogP contribution is -2.25. The summed E-state index contributed by atoms with van der Waals surface area (Å²) in [7, 11) is 0. The van der Waals surface area contributed by atoms with Crippen molar-refractivity contribution in [2.75, 3.05) is 23.7 Å². The standard InChI is InChI=1S/C14H22FNS/c1-3-16(10-8-12(2)9-11-17)14-6-4-13(15)5-7-14/h4-7,12,17H,3,8-11H2,1-2H3. The number of rotatable bonds is 7. The quantitative estimate of drug-likeness (QED) is 0.721. The molecule has 1 aromatic carbocycles. The molecule has 0 spiro atoms. The van der Waals surface area contributed by atoms with Crippen molar-refractivity contribution in [3.05, 3.63) is 30.1 Å². The van der Waals surface area contributed by atoms with Crippen LogP contribution in [0.3, 0.4) is 0 Å². The number of hydrogen-bond acceptors (Lipinski definition) is 2. The van der Waals surface area contributed by atoms with Crippen LogP contribution in [0, 0.1) is 11.7 Å². The number of anilines is 1. The summed E-state index contributed by atoms with van der Waals surface area (Å²) >= 11 is 4.25. The van der Waals surface area contributed by atoms with Crippen molar-refractivity contribution in [2.24, 2.45) is 5.92 Å². The summed E-state index contributed by atoms with van der Waals surface area (Å²) in [5.74, 6) is 1.47. The second-order valence-electron chi connectivity index (χ2n) is 4.46. The van der Waals surface area contributed by atoms with Gasteiger partial charge >= 0.3 is 0 Å². The predicted octanol–water partition coefficient (Wildman–Crippen LogP) is 4.00. The maximum atomic E-state index is 12.8. The Bertz CT molecular complexity index is 313. The van der Waals surface area contributed by atoms with E-state index in [1.54, 1.807) is 0 Å². The van der Waals surface area contributed by atoms with E-state index in [1.807, 2.05) is 12.1 Å². The van der Waals surface area contributed by atoms with Gasteiger partial charge in [-0.2, -0.15) is 12.6 Å². The van der Waals surface area contributed by atoms with Gasteiger partial charge in [-0.15, -0.1) is 0 Å². The van der Waals surface area contributed by atoms with Gasteiger partial charge in [-0.3, -0.25) is 0 Å². The summed E-state index contributed by atoms with van der Waals surface area (Å²) in [5, 5.41) is 0. The van der Waals surface area contributed by atoms with Gasteiger partial charge in [0, 0.05) is 18.8 Å². The zero-order valence-corrected chi connectivity index (χ0v) is 11.6. The number of thiol groups is 1. The first-order chi connectivity index (χ1) is 8.17. The fraction of sp³-hybridized carbons (Fsp3) is 0.571. The maximum absolute atomic E-state index is 12.8. The van der Waals surface area contributed by atoms with Crippen molar-refractivity contribution in [1.82, 2.24) is 0 Å². The number of hydrogen-bond donors (Lipinski definition) is 1. The fourth-order valence-corrected chi connectivity index (χ4v) is 2.30. The van der Waals surface area contributed by atoms with Crippen molar-refractivity contribution in [1.29, 1.82) is 0 Å². The van der Waals surface area contributed by atoms with Crippen LogP contribution in [-0.4, -0.2) is 18.8 Å². The Balaban J connectivity index is 2.51. The first-order valence-electron chi connectivity index (χ1n) is 6.28. The van der Waals surface area contributed by atoms with E-state index < -0.39 is 0 Å². The molecular weight excluding hydrogens is 233 g/mol. The molecule has 96 valence electrons. The lowest BCUT2D eigenvalue weighted by molar-refractivity contribution is 0.517. The number of nitrogens with zero attached hydrogens (tertiary/aromatic N) is 1. The molecule has 0 bridgehead atoms. The molecule has 0 aliphatic rings. The minimum Gasteiger partial charge on any atom is -0.372 e. The smallest absolute Gasteiger partial charge is 0.123 e. The Labute approximate surface area is 109 Å². The van der Waals surface area contributed by atoms with Crippen LogP contribution in [0.5, 0.6) is 0 Å². The lowest BCUT2D eigenvalue weighted by atomic mass is 10.0. The minimum absolute atomic E-state index is 0.173. The van der Waals surface area contributed by atoms with Crippen LogP contribution in [-0.2, 0) is 0 Å². The largest absolute Gasteiger partial charge is 0.372 e. The summed E-state index contributed by atoms with van der Waals surface area (Å²) in [4.78, 5) is 2.29. The molecule has 1 nitrogen and oxygen atoms in total. The number of benzene rings is 1. The third-order valence-electron chi connectivity index (χ3n) is 3.09. The highest BCUT2D eigenvalue weighted by molar-refractivity contribution is 7.80. The third-order valence-corrected chi connectivity index (χ3v) is 3.35. The summed E-state index contributed by atoms with van der Waals surface area (Å²) < 4.78 is 12.8. The molecule has 1 atom stereocenters. The zero-order chi connectivity index (χ0) is 12.7. The molecule has 17 heavy (non-hydrogen) atoms. The van der Waals surface area contributed by atoms with Gasteiger partial charge in [-0.25, -0.2) is 4.39 Å². The Morgan fingerprint density at radius 2 is 1.88 bits per heavy atom. The highest BCUT2D eigenvalue weighted by atomic mass is 32.1. The summed E-state index contributed by atoms with van der Waals surface area (Å²) in [6.07, 6.45) is 2.32. The number of halogens is 1. The molecule has 0 aliphatic heterocycles. The summed E-state index contributed by atoms with van der Waals surface area (Å²) in [6.45, 7) is 6.37. The molecule has 1 aromatic rings. The summed E-state index contributed by atoms with van der Waals surface area (Å²) in [5.41, 5.74) is 1.10. The molecule has 0 radical (unpaired) electrons. The molecule has 0 saturated carbocycles. The molecule has 1 unspecified atom stereocenters. The van der Waals surface area contributed by atoms with E-state index in [0.717, 1.165) is 37.4 Å². The summed E-state index contributed by atoms with van der Waals surface area (Å²) in [6, 6.07) is 6.74. The van der Waals surface area contributed by atoms with E-state index in [0.29, 0.717) is 5.92 Å². The van der Waals surface area contributed by atoms with Gasteiger partial charge in [0.1, 0.15) is 5.82 Å². The Morgan fingerprint density at radius 1 is 1.24 bits per heavy atom. The SMILES string of the molecule is CCN(CCC(C)CCS)c1ccc(F)cc1. The van der Waals surface area contributed by atoms with Crippen molar-refractivity contribution in [3.63, 3.8) is 0 Å². The third kappa shape index (κ3) is 4.99. The van der Waals surface area contributed by atoms with E-state index in [2.05, 4.69) is 31.4 Å². The second-order valence-corrected chi connectivity index (χ2v) is 4.91. The van der Waals surface area contributed by atoms with Gasteiger partial charge in [0.2, 0.25) is 0 Å². The first kappa shape index (κ1) is 14.4. The minimum atomic E-state index is -0.173. The average Bonchev–Trinajstić information content (AvgIpc) is 2.32. The van der Waals surface area contributed by atoms with Crippen molar-refractivity contribution >= 4 is 18.3 Å². The van der Waals surface area contributed by atoms with Gasteiger partial charge < -0.3 is 4.90 Å². The highest BCUT2D eigenvalue weighted by Gasteiger charge is 2.07. The van der Waals surface area contributed by atoms with Crippen LogP contribution in [0.1, 0.15) is 26.7 Å². The molecule has 0 aliphatic carbocycles. The Hall–Kier alpha value is -0.700. The van der Waals surface area contributed by atoms with Gasteiger partial charge in [0.15, 0.2) is 0 Å². The molecular formula is C14H22FNS. The average molecular weight is 255 g/mol. The van der Waals surface area contributed by atoms with Crippen LogP contribution in [0.25, 0.3) is 0 Å². The van der Waals surface area contributed by atoms with Gasteiger partial charge in [-0.1, -0.05) is 6.92 Å². The Morgan fingerprint density at radius 3 is 2.41 bits per heavy atom. The van der Waals surface area contributed by atoms with E-state index in [4.69, 9.17) is 0 Å². The van der Waals surface area contributed by atoms with Gasteiger partial charge in [-0.05, 0) is 55.7 Å². The molecule has 3 heteroatoms. The van der Waals surface area contributed by atoms with Crippen LogP contribution < -0.4 is 4.90 Å². The Kier molecular flexibility index (Phi) is 6.41. The van der Waals surface area contributed by atoms with Crippen molar-refractivity contribution < 1.29 is 4.39 Å². The van der Waals surface area contributed by atoms with Crippen LogP contribution in [0.2, 0.25) is 0 Å². The van der Waals surface area contributed by atoms with E-state index in [9.17, 15) is 4.39 Å². The van der Waals surface area contributed by atoms with Crippen LogP contribution in [0.15, 0.2) is 24.3 Å². The molecule has 0 N–H and O–H groups in total. The molecule has 0 amide bonds. The van der Waals surface area contributed by atoms with E-state index in [-0.39, 0.29) is 5.82 Å². The molecule has 0 saturated heterocycles. The topological polar surface area (TPSA) is 3.24 Å². The monoisotopic (exact) mass is 255 g/mol. The first-order valence-corrected chi connectivity index (χ1v) is 6.92. The maximum Gasteiger partial charge on any atom is 0.123 e. The molecule has 0 fully saturated rings. The lowest BCUT2D eigenvalue weighted by Gasteiger charge is -2.24. The second kappa shape index (κ2) is 7.59. The van der Waals surface area contributed by atoms with Crippen LogP contribution in [0.4, 0.5) is 10.1 Å². The van der Waals surface area contributed by atoms with E-state index in [1.165, 1.54) is 12.1 Å². The van der Waals surface area contributed by atoms with Gasteiger partial charge in [0.05, 0.1) is 0 Å². The fourth-order valence-electron chi connectivity index (χ4n) is 1.86. The van der Waals surface area contributed by atoms with Crippen molar-refractivity contribution in [2.45, 2.75) is 26.7 Å². The van der Waals surface area contributed by atoms with Crippen molar-refractivity contribution in [3.8, 4) is 0 Å². The normalized spacial score (nSPS) is 12.5. The predicted molar refractivity (Wildman–Crippen MR) is 76.5 cm³/mol. The highest BCUT2D eigenvalue weighted by Crippen LogP contribution is 2.17. The van der Waals surface area contributed by atoms with Crippen LogP contribution >= 0.6 is 12.6 Å². The molecule has 0 heterocycles. The molecule has 0 aromatic heterocycles. The molecule has 1 rings (SSSR count). The van der Waals surface area contributed by atoms with Gasteiger partial charge in [0.25, 0.3) is 0 Å². The zero-order valence-electron chi connectivity index (χ0n) is 10.7. The van der Waals surface area contributed by atoms with E-state index >= 15 is 0 Å².